The summed E-state index contributed by atoms with van der Waals surface area (Å²) in [5, 5.41) is 3.37. The van der Waals surface area contributed by atoms with Gasteiger partial charge in [-0.1, -0.05) is 6.07 Å². The number of benzene rings is 1. The van der Waals surface area contributed by atoms with Crippen molar-refractivity contribution in [2.45, 2.75) is 26.3 Å². The van der Waals surface area contributed by atoms with Crippen LogP contribution in [0.5, 0.6) is 0 Å². The van der Waals surface area contributed by atoms with Crippen LogP contribution < -0.4 is 5.32 Å². The fraction of sp³-hybridized carbons (Fsp3) is 0.571. The highest BCUT2D eigenvalue weighted by molar-refractivity contribution is 5.26. The molecule has 1 aliphatic heterocycles. The number of rotatable bonds is 5. The number of aryl methyl sites for hydroxylation is 1. The number of hydrogen-bond acceptors (Lipinski definition) is 2. The Morgan fingerprint density at radius 1 is 1.47 bits per heavy atom. The Balaban J connectivity index is 1.72. The van der Waals surface area contributed by atoms with Crippen LogP contribution in [-0.2, 0) is 11.3 Å². The van der Waals surface area contributed by atoms with Crippen LogP contribution in [0.15, 0.2) is 18.2 Å². The monoisotopic (exact) mass is 237 g/mol. The van der Waals surface area contributed by atoms with Gasteiger partial charge in [0.15, 0.2) is 0 Å². The second-order valence-corrected chi connectivity index (χ2v) is 4.77. The second kappa shape index (κ2) is 6.12. The van der Waals surface area contributed by atoms with Gasteiger partial charge >= 0.3 is 0 Å². The Morgan fingerprint density at radius 3 is 3.12 bits per heavy atom. The van der Waals surface area contributed by atoms with Crippen molar-refractivity contribution in [1.82, 2.24) is 5.32 Å². The van der Waals surface area contributed by atoms with Gasteiger partial charge in [-0.05, 0) is 55.5 Å². The molecular weight excluding hydrogens is 217 g/mol. The van der Waals surface area contributed by atoms with Crippen LogP contribution in [0, 0.1) is 18.7 Å². The highest BCUT2D eigenvalue weighted by Gasteiger charge is 2.14. The molecular formula is C14H20FNO. The van der Waals surface area contributed by atoms with E-state index in [9.17, 15) is 4.39 Å². The van der Waals surface area contributed by atoms with E-state index in [0.29, 0.717) is 5.92 Å². The largest absolute Gasteiger partial charge is 0.381 e. The zero-order valence-corrected chi connectivity index (χ0v) is 10.3. The Kier molecular flexibility index (Phi) is 4.51. The Hall–Kier alpha value is -0.930. The van der Waals surface area contributed by atoms with Crippen LogP contribution in [0.1, 0.15) is 24.0 Å². The molecule has 1 N–H and O–H groups in total. The van der Waals surface area contributed by atoms with Crippen LogP contribution in [0.2, 0.25) is 0 Å². The van der Waals surface area contributed by atoms with Crippen molar-refractivity contribution < 1.29 is 9.13 Å². The fourth-order valence-corrected chi connectivity index (χ4v) is 2.17. The van der Waals surface area contributed by atoms with E-state index >= 15 is 0 Å². The molecule has 0 bridgehead atoms. The summed E-state index contributed by atoms with van der Waals surface area (Å²) >= 11 is 0. The minimum atomic E-state index is -0.156. The molecule has 0 spiro atoms. The van der Waals surface area contributed by atoms with Crippen LogP contribution in [0.4, 0.5) is 4.39 Å². The molecule has 1 aromatic rings. The van der Waals surface area contributed by atoms with Crippen LogP contribution >= 0.6 is 0 Å². The van der Waals surface area contributed by atoms with Crippen LogP contribution in [-0.4, -0.2) is 19.8 Å². The first-order valence-electron chi connectivity index (χ1n) is 6.29. The standard InChI is InChI=1S/C14H20FNO/c1-11-2-3-14(15)8-13(11)9-16-6-4-12-5-7-17-10-12/h2-3,8,12,16H,4-7,9-10H2,1H3. The summed E-state index contributed by atoms with van der Waals surface area (Å²) in [6.45, 7) is 5.55. The summed E-state index contributed by atoms with van der Waals surface area (Å²) < 4.78 is 18.4. The summed E-state index contributed by atoms with van der Waals surface area (Å²) in [6.07, 6.45) is 2.33. The first-order chi connectivity index (χ1) is 8.25. The second-order valence-electron chi connectivity index (χ2n) is 4.77. The molecule has 1 aromatic carbocycles. The van der Waals surface area contributed by atoms with E-state index in [1.165, 1.54) is 12.5 Å². The first-order valence-corrected chi connectivity index (χ1v) is 6.29. The van der Waals surface area contributed by atoms with Gasteiger partial charge in [-0.3, -0.25) is 0 Å². The average Bonchev–Trinajstić information content (AvgIpc) is 2.82. The van der Waals surface area contributed by atoms with Crippen LogP contribution in [0.25, 0.3) is 0 Å². The third kappa shape index (κ3) is 3.79. The number of ether oxygens (including phenoxy) is 1. The van der Waals surface area contributed by atoms with Gasteiger partial charge in [-0.15, -0.1) is 0 Å². The predicted molar refractivity (Wildman–Crippen MR) is 66.4 cm³/mol. The molecule has 17 heavy (non-hydrogen) atoms. The first kappa shape index (κ1) is 12.5. The number of hydrogen-bond donors (Lipinski definition) is 1. The molecule has 1 saturated heterocycles. The van der Waals surface area contributed by atoms with E-state index in [0.717, 1.165) is 43.9 Å². The van der Waals surface area contributed by atoms with Gasteiger partial charge in [0.05, 0.1) is 0 Å². The lowest BCUT2D eigenvalue weighted by Gasteiger charge is -2.10. The summed E-state index contributed by atoms with van der Waals surface area (Å²) in [5.41, 5.74) is 2.19. The molecule has 1 aliphatic rings. The zero-order valence-electron chi connectivity index (χ0n) is 10.3. The minimum Gasteiger partial charge on any atom is -0.381 e. The molecule has 1 atom stereocenters. The molecule has 0 aromatic heterocycles. The van der Waals surface area contributed by atoms with Crippen molar-refractivity contribution in [3.63, 3.8) is 0 Å². The highest BCUT2D eigenvalue weighted by atomic mass is 19.1. The van der Waals surface area contributed by atoms with Crippen molar-refractivity contribution in [1.29, 1.82) is 0 Å². The smallest absolute Gasteiger partial charge is 0.123 e. The van der Waals surface area contributed by atoms with E-state index in [1.807, 2.05) is 13.0 Å². The summed E-state index contributed by atoms with van der Waals surface area (Å²) in [7, 11) is 0. The molecule has 1 heterocycles. The van der Waals surface area contributed by atoms with E-state index in [4.69, 9.17) is 4.74 Å². The summed E-state index contributed by atoms with van der Waals surface area (Å²) in [4.78, 5) is 0. The lowest BCUT2D eigenvalue weighted by molar-refractivity contribution is 0.184. The van der Waals surface area contributed by atoms with E-state index in [-0.39, 0.29) is 5.82 Å². The molecule has 0 radical (unpaired) electrons. The number of nitrogens with one attached hydrogen (secondary N) is 1. The lowest BCUT2D eigenvalue weighted by atomic mass is 10.1. The van der Waals surface area contributed by atoms with E-state index in [1.54, 1.807) is 6.07 Å². The minimum absolute atomic E-state index is 0.156. The summed E-state index contributed by atoms with van der Waals surface area (Å²) in [5.74, 6) is 0.549. The topological polar surface area (TPSA) is 21.3 Å². The third-order valence-corrected chi connectivity index (χ3v) is 3.38. The van der Waals surface area contributed by atoms with Gasteiger partial charge in [0, 0.05) is 19.8 Å². The molecule has 1 fully saturated rings. The highest BCUT2D eigenvalue weighted by Crippen LogP contribution is 2.15. The number of halogens is 1. The maximum absolute atomic E-state index is 13.1. The average molecular weight is 237 g/mol. The van der Waals surface area contributed by atoms with Gasteiger partial charge < -0.3 is 10.1 Å². The van der Waals surface area contributed by atoms with Crippen molar-refractivity contribution in [2.24, 2.45) is 5.92 Å². The molecule has 3 heteroatoms. The van der Waals surface area contributed by atoms with Crippen molar-refractivity contribution in [3.05, 3.63) is 35.1 Å². The van der Waals surface area contributed by atoms with Crippen molar-refractivity contribution in [2.75, 3.05) is 19.8 Å². The molecule has 2 rings (SSSR count). The van der Waals surface area contributed by atoms with Crippen LogP contribution in [0.3, 0.4) is 0 Å². The Labute approximate surface area is 102 Å². The van der Waals surface area contributed by atoms with E-state index in [2.05, 4.69) is 5.32 Å². The maximum atomic E-state index is 13.1. The molecule has 0 amide bonds. The zero-order chi connectivity index (χ0) is 12.1. The van der Waals surface area contributed by atoms with Gasteiger partial charge in [-0.25, -0.2) is 4.39 Å². The quantitative estimate of drug-likeness (QED) is 0.795. The molecule has 2 nitrogen and oxygen atoms in total. The van der Waals surface area contributed by atoms with Gasteiger partial charge in [0.1, 0.15) is 5.82 Å². The molecule has 0 aliphatic carbocycles. The SMILES string of the molecule is Cc1ccc(F)cc1CNCCC1CCOC1. The maximum Gasteiger partial charge on any atom is 0.123 e. The Bertz CT molecular complexity index is 361. The molecule has 1 unspecified atom stereocenters. The van der Waals surface area contributed by atoms with Gasteiger partial charge in [0.25, 0.3) is 0 Å². The lowest BCUT2D eigenvalue weighted by Crippen LogP contribution is -2.18. The molecule has 0 saturated carbocycles. The fourth-order valence-electron chi connectivity index (χ4n) is 2.17. The van der Waals surface area contributed by atoms with Gasteiger partial charge in [-0.2, -0.15) is 0 Å². The Morgan fingerprint density at radius 2 is 2.35 bits per heavy atom. The molecule has 94 valence electrons. The van der Waals surface area contributed by atoms with Gasteiger partial charge in [0.2, 0.25) is 0 Å². The van der Waals surface area contributed by atoms with Crippen molar-refractivity contribution in [3.8, 4) is 0 Å². The van der Waals surface area contributed by atoms with E-state index < -0.39 is 0 Å². The summed E-state index contributed by atoms with van der Waals surface area (Å²) in [6, 6.07) is 4.95. The third-order valence-electron chi connectivity index (χ3n) is 3.38. The van der Waals surface area contributed by atoms with Crippen molar-refractivity contribution >= 4 is 0 Å². The predicted octanol–water partition coefficient (Wildman–Crippen LogP) is 2.65. The normalized spacial score (nSPS) is 19.8.